The van der Waals surface area contributed by atoms with Gasteiger partial charge in [0, 0.05) is 24.8 Å². The first kappa shape index (κ1) is 16.6. The molecule has 0 bridgehead atoms. The van der Waals surface area contributed by atoms with E-state index < -0.39 is 18.0 Å². The standard InChI is InChI=1S/C13H20N2O4S/c1-7(2)9(14)5-11(19-8(3)16)12-15-10(6-20-12)13(17)18-4/h6-7,9,11H,5,14H2,1-4H3/t9-,11-/m1/s1. The van der Waals surface area contributed by atoms with E-state index >= 15 is 0 Å². The summed E-state index contributed by atoms with van der Waals surface area (Å²) in [6.45, 7) is 5.33. The third-order valence-corrected chi connectivity index (χ3v) is 3.78. The monoisotopic (exact) mass is 300 g/mol. The minimum absolute atomic E-state index is 0.121. The molecule has 0 aromatic carbocycles. The van der Waals surface area contributed by atoms with Crippen molar-refractivity contribution in [2.45, 2.75) is 39.3 Å². The van der Waals surface area contributed by atoms with Crippen molar-refractivity contribution < 1.29 is 19.1 Å². The van der Waals surface area contributed by atoms with E-state index in [1.807, 2.05) is 13.8 Å². The molecule has 1 aromatic rings. The SMILES string of the molecule is COC(=O)c1csc([C@@H](C[C@@H](N)C(C)C)OC(C)=O)n1. The highest BCUT2D eigenvalue weighted by atomic mass is 32.1. The number of carbonyl (C=O) groups excluding carboxylic acids is 2. The summed E-state index contributed by atoms with van der Waals surface area (Å²) in [7, 11) is 1.29. The predicted molar refractivity (Wildman–Crippen MR) is 75.4 cm³/mol. The summed E-state index contributed by atoms with van der Waals surface area (Å²) in [5.74, 6) is -0.656. The highest BCUT2D eigenvalue weighted by molar-refractivity contribution is 7.09. The Morgan fingerprint density at radius 1 is 1.45 bits per heavy atom. The number of hydrogen-bond acceptors (Lipinski definition) is 7. The molecule has 0 saturated heterocycles. The van der Waals surface area contributed by atoms with Crippen molar-refractivity contribution in [3.05, 3.63) is 16.1 Å². The topological polar surface area (TPSA) is 91.5 Å². The molecule has 0 spiro atoms. The Hall–Kier alpha value is -1.47. The smallest absolute Gasteiger partial charge is 0.357 e. The number of nitrogens with two attached hydrogens (primary N) is 1. The predicted octanol–water partition coefficient (Wildman–Crippen LogP) is 1.91. The summed E-state index contributed by atoms with van der Waals surface area (Å²) >= 11 is 1.25. The van der Waals surface area contributed by atoms with E-state index in [1.54, 1.807) is 5.38 Å². The lowest BCUT2D eigenvalue weighted by molar-refractivity contribution is -0.147. The van der Waals surface area contributed by atoms with Crippen LogP contribution in [0.25, 0.3) is 0 Å². The lowest BCUT2D eigenvalue weighted by atomic mass is 9.99. The zero-order valence-electron chi connectivity index (χ0n) is 12.1. The van der Waals surface area contributed by atoms with Gasteiger partial charge in [0.05, 0.1) is 7.11 Å². The van der Waals surface area contributed by atoms with Gasteiger partial charge < -0.3 is 15.2 Å². The van der Waals surface area contributed by atoms with Gasteiger partial charge in [-0.1, -0.05) is 13.8 Å². The first-order valence-corrected chi connectivity index (χ1v) is 7.19. The van der Waals surface area contributed by atoms with Crippen LogP contribution in [0.15, 0.2) is 5.38 Å². The number of rotatable bonds is 6. The fourth-order valence-electron chi connectivity index (χ4n) is 1.55. The third-order valence-electron chi connectivity index (χ3n) is 2.84. The van der Waals surface area contributed by atoms with Gasteiger partial charge in [-0.15, -0.1) is 11.3 Å². The van der Waals surface area contributed by atoms with Crippen molar-refractivity contribution in [3.63, 3.8) is 0 Å². The molecule has 0 fully saturated rings. The van der Waals surface area contributed by atoms with E-state index in [9.17, 15) is 9.59 Å². The molecule has 112 valence electrons. The molecule has 2 atom stereocenters. The quantitative estimate of drug-likeness (QED) is 0.807. The highest BCUT2D eigenvalue weighted by Gasteiger charge is 2.24. The van der Waals surface area contributed by atoms with Crippen LogP contribution < -0.4 is 5.73 Å². The molecule has 0 saturated carbocycles. The lowest BCUT2D eigenvalue weighted by Gasteiger charge is -2.21. The van der Waals surface area contributed by atoms with Crippen molar-refractivity contribution in [3.8, 4) is 0 Å². The highest BCUT2D eigenvalue weighted by Crippen LogP contribution is 2.27. The second-order valence-corrected chi connectivity index (χ2v) is 5.69. The van der Waals surface area contributed by atoms with Crippen LogP contribution in [0.2, 0.25) is 0 Å². The van der Waals surface area contributed by atoms with Gasteiger partial charge in [0.2, 0.25) is 0 Å². The summed E-state index contributed by atoms with van der Waals surface area (Å²) in [5.41, 5.74) is 6.23. The van der Waals surface area contributed by atoms with Crippen LogP contribution in [-0.2, 0) is 14.3 Å². The maximum Gasteiger partial charge on any atom is 0.357 e. The largest absolute Gasteiger partial charge is 0.464 e. The van der Waals surface area contributed by atoms with Gasteiger partial charge in [0.15, 0.2) is 11.8 Å². The van der Waals surface area contributed by atoms with E-state index in [4.69, 9.17) is 10.5 Å². The number of thiazole rings is 1. The minimum atomic E-state index is -0.534. The van der Waals surface area contributed by atoms with Crippen molar-refractivity contribution in [2.75, 3.05) is 7.11 Å². The second kappa shape index (κ2) is 7.35. The van der Waals surface area contributed by atoms with Gasteiger partial charge in [-0.25, -0.2) is 9.78 Å². The number of carbonyl (C=O) groups is 2. The molecule has 2 N–H and O–H groups in total. The van der Waals surface area contributed by atoms with E-state index in [0.717, 1.165) is 0 Å². The summed E-state index contributed by atoms with van der Waals surface area (Å²) in [5, 5.41) is 2.13. The maximum atomic E-state index is 11.4. The van der Waals surface area contributed by atoms with Crippen LogP contribution in [0.4, 0.5) is 0 Å². The van der Waals surface area contributed by atoms with Crippen molar-refractivity contribution in [2.24, 2.45) is 11.7 Å². The Morgan fingerprint density at radius 3 is 2.60 bits per heavy atom. The molecule has 7 heteroatoms. The molecule has 0 unspecified atom stereocenters. The number of esters is 2. The molecule has 20 heavy (non-hydrogen) atoms. The summed E-state index contributed by atoms with van der Waals surface area (Å²) in [6.07, 6.45) is -0.0703. The Morgan fingerprint density at radius 2 is 2.10 bits per heavy atom. The number of ether oxygens (including phenoxy) is 2. The average Bonchev–Trinajstić information content (AvgIpc) is 2.85. The fraction of sp³-hybridized carbons (Fsp3) is 0.615. The van der Waals surface area contributed by atoms with Crippen LogP contribution in [0.5, 0.6) is 0 Å². The summed E-state index contributed by atoms with van der Waals surface area (Å²) < 4.78 is 9.86. The van der Waals surface area contributed by atoms with E-state index in [-0.39, 0.29) is 17.7 Å². The Kier molecular flexibility index (Phi) is 6.09. The molecule has 0 aliphatic carbocycles. The zero-order chi connectivity index (χ0) is 15.3. The van der Waals surface area contributed by atoms with Crippen LogP contribution in [-0.4, -0.2) is 30.1 Å². The normalized spacial score (nSPS) is 13.9. The van der Waals surface area contributed by atoms with Crippen LogP contribution >= 0.6 is 11.3 Å². The summed E-state index contributed by atoms with van der Waals surface area (Å²) in [6, 6.07) is -0.121. The first-order valence-electron chi connectivity index (χ1n) is 6.31. The Bertz CT molecular complexity index is 473. The van der Waals surface area contributed by atoms with Crippen LogP contribution in [0.1, 0.15) is 48.8 Å². The van der Waals surface area contributed by atoms with Crippen LogP contribution in [0.3, 0.4) is 0 Å². The molecule has 0 aliphatic rings. The van der Waals surface area contributed by atoms with E-state index in [2.05, 4.69) is 9.72 Å². The molecule has 1 heterocycles. The number of methoxy groups -OCH3 is 1. The van der Waals surface area contributed by atoms with Gasteiger partial charge in [-0.3, -0.25) is 4.79 Å². The molecular weight excluding hydrogens is 280 g/mol. The molecule has 0 radical (unpaired) electrons. The van der Waals surface area contributed by atoms with E-state index in [0.29, 0.717) is 11.4 Å². The molecule has 1 aromatic heterocycles. The van der Waals surface area contributed by atoms with Gasteiger partial charge in [0.25, 0.3) is 0 Å². The zero-order valence-corrected chi connectivity index (χ0v) is 12.9. The van der Waals surface area contributed by atoms with Gasteiger partial charge in [-0.05, 0) is 5.92 Å². The average molecular weight is 300 g/mol. The van der Waals surface area contributed by atoms with Gasteiger partial charge in [-0.2, -0.15) is 0 Å². The van der Waals surface area contributed by atoms with Crippen LogP contribution in [0, 0.1) is 5.92 Å². The van der Waals surface area contributed by atoms with Crippen molar-refractivity contribution >= 4 is 23.3 Å². The molecule has 6 nitrogen and oxygen atoms in total. The Balaban J connectivity index is 2.89. The first-order chi connectivity index (χ1) is 9.35. The molecular formula is C13H20N2O4S. The second-order valence-electron chi connectivity index (χ2n) is 4.80. The number of nitrogens with zero attached hydrogens (tertiary/aromatic N) is 1. The molecule has 0 amide bonds. The number of hydrogen-bond donors (Lipinski definition) is 1. The summed E-state index contributed by atoms with van der Waals surface area (Å²) in [4.78, 5) is 26.7. The fourth-order valence-corrected chi connectivity index (χ4v) is 2.38. The van der Waals surface area contributed by atoms with Crippen molar-refractivity contribution in [1.82, 2.24) is 4.98 Å². The van der Waals surface area contributed by atoms with E-state index in [1.165, 1.54) is 25.4 Å². The maximum absolute atomic E-state index is 11.4. The van der Waals surface area contributed by atoms with Gasteiger partial charge in [0.1, 0.15) is 5.01 Å². The Labute approximate surface area is 122 Å². The molecule has 1 rings (SSSR count). The third kappa shape index (κ3) is 4.57. The van der Waals surface area contributed by atoms with Crippen molar-refractivity contribution in [1.29, 1.82) is 0 Å². The molecule has 0 aliphatic heterocycles. The minimum Gasteiger partial charge on any atom is -0.464 e. The number of aromatic nitrogens is 1. The van der Waals surface area contributed by atoms with Gasteiger partial charge >= 0.3 is 11.9 Å². The lowest BCUT2D eigenvalue weighted by Crippen LogP contribution is -2.29.